The lowest BCUT2D eigenvalue weighted by atomic mass is 9.97. The molecule has 0 aliphatic carbocycles. The maximum atomic E-state index is 12.7. The Morgan fingerprint density at radius 1 is 1.08 bits per heavy atom. The van der Waals surface area contributed by atoms with Crippen LogP contribution in [0.2, 0.25) is 0 Å². The number of anilines is 1. The van der Waals surface area contributed by atoms with Gasteiger partial charge >= 0.3 is 6.18 Å². The Hall–Kier alpha value is -2.64. The number of piperidine rings is 1. The first kappa shape index (κ1) is 15.9. The summed E-state index contributed by atoms with van der Waals surface area (Å²) in [6.07, 6.45) is 0.351. The highest BCUT2D eigenvalue weighted by Crippen LogP contribution is 2.31. The van der Waals surface area contributed by atoms with Gasteiger partial charge in [0.2, 0.25) is 0 Å². The van der Waals surface area contributed by atoms with Crippen LogP contribution in [0.25, 0.3) is 5.65 Å². The third kappa shape index (κ3) is 3.04. The molecule has 0 bridgehead atoms. The van der Waals surface area contributed by atoms with Gasteiger partial charge in [0.1, 0.15) is 11.6 Å². The second kappa shape index (κ2) is 6.02. The van der Waals surface area contributed by atoms with Crippen molar-refractivity contribution in [2.75, 3.05) is 18.0 Å². The summed E-state index contributed by atoms with van der Waals surface area (Å²) in [4.78, 5) is 6.02. The molecular weight excluding hydrogens is 331 g/mol. The van der Waals surface area contributed by atoms with E-state index < -0.39 is 11.7 Å². The zero-order valence-corrected chi connectivity index (χ0v) is 13.3. The largest absolute Gasteiger partial charge is 0.417 e. The van der Waals surface area contributed by atoms with Crippen LogP contribution >= 0.6 is 0 Å². The van der Waals surface area contributed by atoms with E-state index in [1.54, 1.807) is 0 Å². The maximum absolute atomic E-state index is 12.7. The van der Waals surface area contributed by atoms with Gasteiger partial charge in [0, 0.05) is 31.4 Å². The van der Waals surface area contributed by atoms with Gasteiger partial charge in [-0.1, -0.05) is 6.07 Å². The van der Waals surface area contributed by atoms with Crippen molar-refractivity contribution in [3.63, 3.8) is 0 Å². The SMILES string of the molecule is FC(F)(F)c1ccc(N2CCC[C@H](c3nnc4ccccn34)C2)nc1. The third-order valence-corrected chi connectivity index (χ3v) is 4.53. The summed E-state index contributed by atoms with van der Waals surface area (Å²) in [7, 11) is 0. The standard InChI is InChI=1S/C17H16F3N5/c18-17(19,20)13-6-7-14(21-10-13)24-8-3-4-12(11-24)16-23-22-15-5-1-2-9-25(15)16/h1-2,5-7,9-10,12H,3-4,8,11H2/t12-/m0/s1. The minimum absolute atomic E-state index is 0.162. The van der Waals surface area contributed by atoms with Gasteiger partial charge in [-0.25, -0.2) is 4.98 Å². The summed E-state index contributed by atoms with van der Waals surface area (Å²) in [5, 5.41) is 8.49. The molecule has 1 aliphatic heterocycles. The second-order valence-electron chi connectivity index (χ2n) is 6.18. The van der Waals surface area contributed by atoms with Crippen LogP contribution in [0, 0.1) is 0 Å². The Labute approximate surface area is 142 Å². The summed E-state index contributed by atoms with van der Waals surface area (Å²) in [6.45, 7) is 1.43. The molecule has 25 heavy (non-hydrogen) atoms. The lowest BCUT2D eigenvalue weighted by Crippen LogP contribution is -2.35. The van der Waals surface area contributed by atoms with Gasteiger partial charge in [-0.3, -0.25) is 4.40 Å². The molecule has 130 valence electrons. The van der Waals surface area contributed by atoms with Crippen molar-refractivity contribution in [1.29, 1.82) is 0 Å². The minimum Gasteiger partial charge on any atom is -0.356 e. The minimum atomic E-state index is -4.36. The molecule has 1 atom stereocenters. The fourth-order valence-electron chi connectivity index (χ4n) is 3.28. The average molecular weight is 347 g/mol. The Morgan fingerprint density at radius 2 is 1.96 bits per heavy atom. The molecule has 0 aromatic carbocycles. The molecule has 0 radical (unpaired) electrons. The van der Waals surface area contributed by atoms with Crippen LogP contribution < -0.4 is 4.90 Å². The fraction of sp³-hybridized carbons (Fsp3) is 0.353. The van der Waals surface area contributed by atoms with E-state index in [0.29, 0.717) is 12.4 Å². The zero-order valence-electron chi connectivity index (χ0n) is 13.3. The molecule has 4 rings (SSSR count). The molecule has 1 saturated heterocycles. The molecule has 5 nitrogen and oxygen atoms in total. The van der Waals surface area contributed by atoms with Gasteiger partial charge in [0.25, 0.3) is 0 Å². The monoisotopic (exact) mass is 347 g/mol. The first-order valence-electron chi connectivity index (χ1n) is 8.10. The Bertz CT molecular complexity index is 872. The molecule has 4 heterocycles. The quantitative estimate of drug-likeness (QED) is 0.712. The number of hydrogen-bond donors (Lipinski definition) is 0. The molecule has 0 saturated carbocycles. The van der Waals surface area contributed by atoms with Crippen molar-refractivity contribution >= 4 is 11.5 Å². The fourth-order valence-corrected chi connectivity index (χ4v) is 3.28. The van der Waals surface area contributed by atoms with Crippen molar-refractivity contribution in [3.8, 4) is 0 Å². The number of pyridine rings is 2. The number of nitrogens with zero attached hydrogens (tertiary/aromatic N) is 5. The van der Waals surface area contributed by atoms with Gasteiger partial charge in [-0.2, -0.15) is 13.2 Å². The molecule has 8 heteroatoms. The summed E-state index contributed by atoms with van der Waals surface area (Å²) in [6, 6.07) is 8.25. The van der Waals surface area contributed by atoms with Gasteiger partial charge in [-0.05, 0) is 37.1 Å². The highest BCUT2D eigenvalue weighted by atomic mass is 19.4. The predicted octanol–water partition coefficient (Wildman–Crippen LogP) is 3.53. The molecule has 1 fully saturated rings. The molecule has 1 aliphatic rings. The van der Waals surface area contributed by atoms with Crippen LogP contribution in [0.4, 0.5) is 19.0 Å². The molecule has 0 unspecified atom stereocenters. The molecule has 3 aromatic heterocycles. The Morgan fingerprint density at radius 3 is 2.72 bits per heavy atom. The first-order chi connectivity index (χ1) is 12.0. The molecular formula is C17H16F3N5. The van der Waals surface area contributed by atoms with Gasteiger partial charge < -0.3 is 4.90 Å². The predicted molar refractivity (Wildman–Crippen MR) is 86.4 cm³/mol. The molecule has 3 aromatic rings. The van der Waals surface area contributed by atoms with E-state index in [0.717, 1.165) is 43.1 Å². The molecule has 0 N–H and O–H groups in total. The van der Waals surface area contributed by atoms with E-state index in [1.807, 2.05) is 33.7 Å². The number of fused-ring (bicyclic) bond motifs is 1. The summed E-state index contributed by atoms with van der Waals surface area (Å²) in [5.41, 5.74) is 0.0653. The van der Waals surface area contributed by atoms with Crippen molar-refractivity contribution in [2.45, 2.75) is 24.9 Å². The van der Waals surface area contributed by atoms with E-state index >= 15 is 0 Å². The van der Waals surface area contributed by atoms with Crippen molar-refractivity contribution in [2.24, 2.45) is 0 Å². The van der Waals surface area contributed by atoms with E-state index in [9.17, 15) is 13.2 Å². The number of halogens is 3. The van der Waals surface area contributed by atoms with Gasteiger partial charge in [0.05, 0.1) is 5.56 Å². The molecule has 0 amide bonds. The lowest BCUT2D eigenvalue weighted by molar-refractivity contribution is -0.137. The van der Waals surface area contributed by atoms with Crippen LogP contribution in [-0.4, -0.2) is 32.7 Å². The van der Waals surface area contributed by atoms with E-state index in [2.05, 4.69) is 15.2 Å². The van der Waals surface area contributed by atoms with Crippen LogP contribution in [0.3, 0.4) is 0 Å². The summed E-state index contributed by atoms with van der Waals surface area (Å²) < 4.78 is 40.0. The van der Waals surface area contributed by atoms with E-state index in [-0.39, 0.29) is 5.92 Å². The summed E-state index contributed by atoms with van der Waals surface area (Å²) >= 11 is 0. The number of hydrogen-bond acceptors (Lipinski definition) is 4. The van der Waals surface area contributed by atoms with Gasteiger partial charge in [0.15, 0.2) is 5.65 Å². The Kier molecular flexibility index (Phi) is 3.82. The second-order valence-corrected chi connectivity index (χ2v) is 6.18. The average Bonchev–Trinajstić information content (AvgIpc) is 3.05. The zero-order chi connectivity index (χ0) is 17.4. The number of aromatic nitrogens is 4. The van der Waals surface area contributed by atoms with Crippen molar-refractivity contribution in [3.05, 3.63) is 54.1 Å². The third-order valence-electron chi connectivity index (χ3n) is 4.53. The molecule has 0 spiro atoms. The van der Waals surface area contributed by atoms with Crippen LogP contribution in [0.15, 0.2) is 42.7 Å². The van der Waals surface area contributed by atoms with Crippen LogP contribution in [0.1, 0.15) is 30.1 Å². The van der Waals surface area contributed by atoms with E-state index in [1.165, 1.54) is 6.07 Å². The lowest BCUT2D eigenvalue weighted by Gasteiger charge is -2.32. The van der Waals surface area contributed by atoms with Crippen molar-refractivity contribution < 1.29 is 13.2 Å². The number of rotatable bonds is 2. The smallest absolute Gasteiger partial charge is 0.356 e. The van der Waals surface area contributed by atoms with Crippen molar-refractivity contribution in [1.82, 2.24) is 19.6 Å². The first-order valence-corrected chi connectivity index (χ1v) is 8.10. The number of alkyl halides is 3. The highest BCUT2D eigenvalue weighted by molar-refractivity contribution is 5.42. The van der Waals surface area contributed by atoms with E-state index in [4.69, 9.17) is 0 Å². The Balaban J connectivity index is 1.57. The highest BCUT2D eigenvalue weighted by Gasteiger charge is 2.31. The van der Waals surface area contributed by atoms with Crippen LogP contribution in [0.5, 0.6) is 0 Å². The topological polar surface area (TPSA) is 46.3 Å². The van der Waals surface area contributed by atoms with Gasteiger partial charge in [-0.15, -0.1) is 10.2 Å². The maximum Gasteiger partial charge on any atom is 0.417 e. The summed E-state index contributed by atoms with van der Waals surface area (Å²) in [5.74, 6) is 1.61. The van der Waals surface area contributed by atoms with Crippen LogP contribution in [-0.2, 0) is 6.18 Å². The normalized spacial score (nSPS) is 18.7.